The van der Waals surface area contributed by atoms with E-state index in [1.807, 2.05) is 29.6 Å². The number of halogens is 1. The van der Waals surface area contributed by atoms with Crippen molar-refractivity contribution in [3.8, 4) is 5.75 Å². The quantitative estimate of drug-likeness (QED) is 0.282. The Balaban J connectivity index is 1.05. The summed E-state index contributed by atoms with van der Waals surface area (Å²) in [5, 5.41) is 3.99. The van der Waals surface area contributed by atoms with E-state index >= 15 is 0 Å². The van der Waals surface area contributed by atoms with Gasteiger partial charge in [0.1, 0.15) is 23.8 Å². The molecule has 1 saturated carbocycles. The van der Waals surface area contributed by atoms with Crippen LogP contribution in [-0.2, 0) is 16.8 Å². The maximum absolute atomic E-state index is 15.0. The number of amides is 1. The maximum atomic E-state index is 15.0. The molecule has 0 bridgehead atoms. The van der Waals surface area contributed by atoms with Crippen LogP contribution in [-0.4, -0.2) is 61.4 Å². The number of carbonyl (C=O) groups is 1. The topological polar surface area (TPSA) is 48.1 Å². The summed E-state index contributed by atoms with van der Waals surface area (Å²) in [7, 11) is 2.01. The molecule has 0 aromatic heterocycles. The predicted molar refractivity (Wildman–Crippen MR) is 169 cm³/mol. The van der Waals surface area contributed by atoms with Crippen LogP contribution in [0.2, 0.25) is 0 Å². The molecule has 0 radical (unpaired) electrons. The van der Waals surface area contributed by atoms with Gasteiger partial charge >= 0.3 is 0 Å². The number of piperidine rings is 2. The summed E-state index contributed by atoms with van der Waals surface area (Å²) in [5.74, 6) is 2.23. The molecule has 3 heterocycles. The number of likely N-dealkylation sites (tertiary alicyclic amines) is 1. The SMILES string of the molecule is CCN(C)SOc1ccc(N2CCC(C(=O)N3CCC(C4(C5CCCC5)NCCc5c(F)cccc54)CC3)CC2)cc1. The van der Waals surface area contributed by atoms with Crippen molar-refractivity contribution < 1.29 is 13.4 Å². The Hall–Kier alpha value is -2.29. The van der Waals surface area contributed by atoms with Crippen LogP contribution in [0, 0.1) is 23.6 Å². The fourth-order valence-corrected chi connectivity index (χ4v) is 8.63. The van der Waals surface area contributed by atoms with Crippen molar-refractivity contribution in [2.24, 2.45) is 17.8 Å². The van der Waals surface area contributed by atoms with Crippen molar-refractivity contribution in [2.45, 2.75) is 70.3 Å². The lowest BCUT2D eigenvalue weighted by Gasteiger charge is -2.52. The van der Waals surface area contributed by atoms with Crippen LogP contribution >= 0.6 is 12.2 Å². The van der Waals surface area contributed by atoms with E-state index in [9.17, 15) is 9.18 Å². The third kappa shape index (κ3) is 5.91. The molecule has 4 aliphatic rings. The highest BCUT2D eigenvalue weighted by molar-refractivity contribution is 7.92. The summed E-state index contributed by atoms with van der Waals surface area (Å²) in [4.78, 5) is 18.2. The second kappa shape index (κ2) is 13.1. The number of rotatable bonds is 8. The van der Waals surface area contributed by atoms with Crippen LogP contribution in [0.4, 0.5) is 10.1 Å². The van der Waals surface area contributed by atoms with E-state index in [1.165, 1.54) is 49.2 Å². The van der Waals surface area contributed by atoms with Gasteiger partial charge in [-0.15, -0.1) is 0 Å². The second-order valence-corrected chi connectivity index (χ2v) is 13.7. The summed E-state index contributed by atoms with van der Waals surface area (Å²) >= 11 is 1.36. The Kier molecular flexibility index (Phi) is 9.32. The van der Waals surface area contributed by atoms with Gasteiger partial charge in [0, 0.05) is 63.5 Å². The molecule has 0 spiro atoms. The number of hydrogen-bond donors (Lipinski definition) is 1. The molecule has 2 aromatic rings. The predicted octanol–water partition coefficient (Wildman–Crippen LogP) is 6.41. The number of nitrogens with zero attached hydrogens (tertiary/aromatic N) is 3. The Morgan fingerprint density at radius 1 is 1.00 bits per heavy atom. The molecule has 1 N–H and O–H groups in total. The number of fused-ring (bicyclic) bond motifs is 1. The van der Waals surface area contributed by atoms with Crippen molar-refractivity contribution >= 4 is 23.8 Å². The first-order valence-electron chi connectivity index (χ1n) is 16.2. The van der Waals surface area contributed by atoms with Gasteiger partial charge in [-0.1, -0.05) is 31.9 Å². The molecule has 1 unspecified atom stereocenters. The normalized spacial score (nSPS) is 24.3. The van der Waals surface area contributed by atoms with Gasteiger partial charge in [-0.3, -0.25) is 4.79 Å². The van der Waals surface area contributed by atoms with Crippen molar-refractivity contribution in [1.82, 2.24) is 14.5 Å². The largest absolute Gasteiger partial charge is 0.409 e. The Morgan fingerprint density at radius 2 is 1.69 bits per heavy atom. The molecule has 2 saturated heterocycles. The van der Waals surface area contributed by atoms with Crippen LogP contribution in [0.5, 0.6) is 5.75 Å². The molecule has 1 aliphatic carbocycles. The summed E-state index contributed by atoms with van der Waals surface area (Å²) in [6.45, 7) is 7.29. The van der Waals surface area contributed by atoms with E-state index < -0.39 is 0 Å². The summed E-state index contributed by atoms with van der Waals surface area (Å²) in [5.41, 5.74) is 3.18. The van der Waals surface area contributed by atoms with Crippen molar-refractivity contribution in [3.63, 3.8) is 0 Å². The lowest BCUT2D eigenvalue weighted by atomic mass is 9.63. The van der Waals surface area contributed by atoms with Gasteiger partial charge < -0.3 is 19.3 Å². The zero-order chi connectivity index (χ0) is 29.1. The monoisotopic (exact) mass is 594 g/mol. The number of nitrogens with one attached hydrogen (secondary N) is 1. The van der Waals surface area contributed by atoms with E-state index in [0.717, 1.165) is 82.7 Å². The van der Waals surface area contributed by atoms with E-state index in [1.54, 1.807) is 6.07 Å². The van der Waals surface area contributed by atoms with Gasteiger partial charge in [-0.2, -0.15) is 0 Å². The minimum Gasteiger partial charge on any atom is -0.409 e. The minimum absolute atomic E-state index is 0.0431. The number of benzene rings is 2. The Bertz CT molecular complexity index is 1210. The molecule has 1 atom stereocenters. The average Bonchev–Trinajstić information content (AvgIpc) is 3.59. The fourth-order valence-electron chi connectivity index (χ4n) is 8.20. The Labute approximate surface area is 255 Å². The highest BCUT2D eigenvalue weighted by Crippen LogP contribution is 2.51. The fraction of sp³-hybridized carbons (Fsp3) is 0.618. The molecule has 6 rings (SSSR count). The summed E-state index contributed by atoms with van der Waals surface area (Å²) < 4.78 is 22.8. The molecule has 1 amide bonds. The highest BCUT2D eigenvalue weighted by atomic mass is 32.2. The third-order valence-corrected chi connectivity index (χ3v) is 11.3. The van der Waals surface area contributed by atoms with Crippen LogP contribution in [0.3, 0.4) is 0 Å². The first-order valence-corrected chi connectivity index (χ1v) is 16.9. The van der Waals surface area contributed by atoms with Crippen molar-refractivity contribution in [3.05, 3.63) is 59.4 Å². The number of carbonyl (C=O) groups excluding carboxylic acids is 1. The zero-order valence-corrected chi connectivity index (χ0v) is 26.1. The molecule has 3 aliphatic heterocycles. The van der Waals surface area contributed by atoms with Gasteiger partial charge in [0.05, 0.1) is 0 Å². The Morgan fingerprint density at radius 3 is 2.38 bits per heavy atom. The first-order chi connectivity index (χ1) is 20.5. The van der Waals surface area contributed by atoms with Crippen LogP contribution in [0.25, 0.3) is 0 Å². The molecule has 8 heteroatoms. The van der Waals surface area contributed by atoms with E-state index in [2.05, 4.69) is 40.2 Å². The van der Waals surface area contributed by atoms with Gasteiger partial charge in [0.25, 0.3) is 0 Å². The van der Waals surface area contributed by atoms with Crippen molar-refractivity contribution in [2.75, 3.05) is 51.2 Å². The number of hydrogen-bond acceptors (Lipinski definition) is 6. The smallest absolute Gasteiger partial charge is 0.225 e. The molecule has 42 heavy (non-hydrogen) atoms. The summed E-state index contributed by atoms with van der Waals surface area (Å²) in [6.07, 6.45) is 9.50. The van der Waals surface area contributed by atoms with Gasteiger partial charge in [-0.25, -0.2) is 8.70 Å². The lowest BCUT2D eigenvalue weighted by Crippen LogP contribution is -2.59. The molecular formula is C34H47FN4O2S. The van der Waals surface area contributed by atoms with E-state index in [0.29, 0.717) is 17.7 Å². The zero-order valence-electron chi connectivity index (χ0n) is 25.3. The molecule has 228 valence electrons. The maximum Gasteiger partial charge on any atom is 0.225 e. The van der Waals surface area contributed by atoms with Crippen LogP contribution < -0.4 is 14.4 Å². The van der Waals surface area contributed by atoms with Gasteiger partial charge in [0.2, 0.25) is 5.91 Å². The molecule has 3 fully saturated rings. The van der Waals surface area contributed by atoms with Gasteiger partial charge in [-0.05, 0) is 98.2 Å². The van der Waals surface area contributed by atoms with Crippen molar-refractivity contribution in [1.29, 1.82) is 0 Å². The van der Waals surface area contributed by atoms with E-state index in [-0.39, 0.29) is 17.3 Å². The first kappa shape index (κ1) is 29.8. The second-order valence-electron chi connectivity index (χ2n) is 12.7. The molecule has 6 nitrogen and oxygen atoms in total. The third-order valence-electron chi connectivity index (χ3n) is 10.6. The lowest BCUT2D eigenvalue weighted by molar-refractivity contribution is -0.138. The minimum atomic E-state index is -0.155. The summed E-state index contributed by atoms with van der Waals surface area (Å²) in [6, 6.07) is 14.0. The van der Waals surface area contributed by atoms with Crippen LogP contribution in [0.15, 0.2) is 42.5 Å². The van der Waals surface area contributed by atoms with Crippen LogP contribution in [0.1, 0.15) is 69.4 Å². The van der Waals surface area contributed by atoms with E-state index in [4.69, 9.17) is 4.18 Å². The number of anilines is 1. The van der Waals surface area contributed by atoms with Gasteiger partial charge in [0.15, 0.2) is 0 Å². The molecular weight excluding hydrogens is 547 g/mol. The highest BCUT2D eigenvalue weighted by Gasteiger charge is 2.50. The molecule has 2 aromatic carbocycles. The standard InChI is InChI=1S/C34H47FN4O2S/c1-3-37(2)42-41-29-13-11-28(12-14-29)38-21-16-25(17-22-38)33(40)39-23-18-27(19-24-39)34(26-7-4-5-8-26)31-9-6-10-32(35)30(31)15-20-36-34/h6,9-14,25-27,36H,3-5,7-8,15-24H2,1-2H3. The average molecular weight is 595 g/mol.